The molecule has 1 unspecified atom stereocenters. The molecule has 1 saturated carbocycles. The molecule has 5 amide bonds. The summed E-state index contributed by atoms with van der Waals surface area (Å²) in [5.41, 5.74) is 14.8. The maximum atomic E-state index is 13.7. The number of imidazole rings is 4. The highest BCUT2D eigenvalue weighted by Crippen LogP contribution is 2.40. The minimum Gasteiger partial charge on any atom is -0.453 e. The van der Waals surface area contributed by atoms with Gasteiger partial charge in [-0.05, 0) is 190 Å². The lowest BCUT2D eigenvalue weighted by Gasteiger charge is -2.29. The SMILES string of the molecule is CC(C)(C)OC(=O)N1CCCC1c1nc2ccc(-c3cc4ccc(-c5ccc6nc(C7CCCC7)[nH]c6c5)cc4cn3)cc2[nH]1.COC(=O)N[C@H](C(=O)N1CCC[C@H]1c1nc2ccc(-c3ccc4cc(-c5ccc6nc([C@@H]7CCCN7C(=O)[C@@H](NC(=O)OC)C(C)C)[nH]c6c5)ncc4c3)cc2[nH]1)C(C)C. The number of methoxy groups -OCH3 is 2. The maximum absolute atomic E-state index is 13.7. The Labute approximate surface area is 608 Å². The topological polar surface area (TPSA) is 287 Å². The first-order chi connectivity index (χ1) is 50.7. The van der Waals surface area contributed by atoms with E-state index in [0.717, 1.165) is 167 Å². The van der Waals surface area contributed by atoms with Gasteiger partial charge in [-0.1, -0.05) is 89.1 Å². The number of alkyl carbamates (subject to hydrolysis) is 2. The highest BCUT2D eigenvalue weighted by atomic mass is 16.6. The standard InChI is InChI=1S/C45H51N9O6.C37H38N6O2/c1-24(2)38(51-44(57)59-5)42(55)53-17-7-9-36(53)40-47-31-15-13-27(21-34(31)49-40)26-11-12-28-20-33(46-23-30(28)19-26)29-14-16-32-35(22-29)50-41(48-32)37-10-8-18-54(37)43(56)39(25(3)4)52-45(58)60-6;1-37(2,3)45-36(44)43-16-6-9-33(43)35-40-29-15-13-26(20-32(29)42-35)30-18-25-11-10-23(17-27(25)21-38-30)24-12-14-28-31(19-24)41-34(39-28)22-7-4-5-8-22/h11-16,19-25,36-39H,7-10,17-18H2,1-6H3,(H,47,49)(H,48,50)(H,51,57)(H,52,58);10-15,17-22,33H,4-9,16H2,1-3H3,(H,39,41)(H,40,42)/t36-,37-,38-,39-;/m0./s1. The highest BCUT2D eigenvalue weighted by molar-refractivity contribution is 5.95. The van der Waals surface area contributed by atoms with E-state index in [1.807, 2.05) is 101 Å². The molecule has 0 radical (unpaired) electrons. The van der Waals surface area contributed by atoms with Crippen molar-refractivity contribution in [3.8, 4) is 44.8 Å². The quantitative estimate of drug-likeness (QED) is 0.0552. The number of hydrogen-bond acceptors (Lipinski definition) is 14. The molecule has 23 nitrogen and oxygen atoms in total. The van der Waals surface area contributed by atoms with Gasteiger partial charge in [-0.2, -0.15) is 0 Å². The average molecular weight is 1410 g/mol. The fourth-order valence-electron chi connectivity index (χ4n) is 15.6. The molecule has 5 atom stereocenters. The predicted octanol–water partition coefficient (Wildman–Crippen LogP) is 16.5. The Morgan fingerprint density at radius 3 is 1.18 bits per heavy atom. The fraction of sp³-hybridized carbons (Fsp3) is 0.378. The van der Waals surface area contributed by atoms with E-state index < -0.39 is 29.9 Å². The van der Waals surface area contributed by atoms with E-state index in [1.54, 1.807) is 4.90 Å². The van der Waals surface area contributed by atoms with Crippen molar-refractivity contribution in [3.63, 3.8) is 0 Å². The van der Waals surface area contributed by atoms with Gasteiger partial charge >= 0.3 is 18.3 Å². The van der Waals surface area contributed by atoms with Crippen molar-refractivity contribution in [2.24, 2.45) is 11.8 Å². The molecule has 3 saturated heterocycles. The Balaban J connectivity index is 0.000000175. The zero-order chi connectivity index (χ0) is 72.9. The van der Waals surface area contributed by atoms with Crippen molar-refractivity contribution in [1.82, 2.24) is 75.2 Å². The molecule has 540 valence electrons. The Kier molecular flexibility index (Phi) is 19.0. The van der Waals surface area contributed by atoms with Gasteiger partial charge in [-0.25, -0.2) is 34.3 Å². The van der Waals surface area contributed by atoms with Crippen molar-refractivity contribution < 1.29 is 38.2 Å². The van der Waals surface area contributed by atoms with Gasteiger partial charge in [0.15, 0.2) is 0 Å². The minimum atomic E-state index is -0.700. The number of benzene rings is 6. The molecule has 6 aromatic heterocycles. The first-order valence-electron chi connectivity index (χ1n) is 36.8. The summed E-state index contributed by atoms with van der Waals surface area (Å²) < 4.78 is 15.2. The summed E-state index contributed by atoms with van der Waals surface area (Å²) in [6, 6.07) is 40.0. The summed E-state index contributed by atoms with van der Waals surface area (Å²) in [7, 11) is 2.58. The number of rotatable bonds is 14. The number of amides is 5. The normalized spacial score (nSPS) is 17.7. The lowest BCUT2D eigenvalue weighted by atomic mass is 10.0. The second kappa shape index (κ2) is 28.8. The second-order valence-corrected chi connectivity index (χ2v) is 30.1. The number of nitrogens with one attached hydrogen (secondary N) is 6. The van der Waals surface area contributed by atoms with E-state index in [-0.39, 0.29) is 47.9 Å². The average Bonchev–Trinajstić information content (AvgIpc) is 1.74. The number of likely N-dealkylation sites (tertiary alicyclic amines) is 3. The first kappa shape index (κ1) is 69.5. The molecule has 23 heteroatoms. The van der Waals surface area contributed by atoms with Crippen molar-refractivity contribution in [3.05, 3.63) is 157 Å². The van der Waals surface area contributed by atoms with Crippen LogP contribution in [0, 0.1) is 11.8 Å². The van der Waals surface area contributed by atoms with Gasteiger partial charge in [0, 0.05) is 59.8 Å². The summed E-state index contributed by atoms with van der Waals surface area (Å²) in [4.78, 5) is 113. The largest absolute Gasteiger partial charge is 0.453 e. The highest BCUT2D eigenvalue weighted by Gasteiger charge is 2.40. The maximum Gasteiger partial charge on any atom is 0.410 e. The summed E-state index contributed by atoms with van der Waals surface area (Å²) in [5.74, 6) is 3.44. The summed E-state index contributed by atoms with van der Waals surface area (Å²) in [5, 5.41) is 9.70. The van der Waals surface area contributed by atoms with E-state index in [4.69, 9.17) is 44.1 Å². The third kappa shape index (κ3) is 14.4. The first-order valence-corrected chi connectivity index (χ1v) is 36.8. The van der Waals surface area contributed by atoms with E-state index in [0.29, 0.717) is 25.6 Å². The number of ether oxygens (including phenoxy) is 3. The van der Waals surface area contributed by atoms with Gasteiger partial charge in [0.1, 0.15) is 41.0 Å². The van der Waals surface area contributed by atoms with Gasteiger partial charge in [0.2, 0.25) is 11.8 Å². The van der Waals surface area contributed by atoms with Gasteiger partial charge in [-0.3, -0.25) is 24.5 Å². The molecular weight excluding hydrogens is 1320 g/mol. The molecule has 4 fully saturated rings. The van der Waals surface area contributed by atoms with Crippen LogP contribution in [0.4, 0.5) is 14.4 Å². The van der Waals surface area contributed by atoms with Crippen LogP contribution in [0.2, 0.25) is 0 Å². The Morgan fingerprint density at radius 2 is 0.781 bits per heavy atom. The van der Waals surface area contributed by atoms with Gasteiger partial charge in [-0.15, -0.1) is 0 Å². The third-order valence-corrected chi connectivity index (χ3v) is 21.1. The van der Waals surface area contributed by atoms with Gasteiger partial charge < -0.3 is 54.6 Å². The molecule has 0 spiro atoms. The molecular formula is C82H89N15O8. The molecule has 3 aliphatic heterocycles. The van der Waals surface area contributed by atoms with Crippen LogP contribution >= 0.6 is 0 Å². The second-order valence-electron chi connectivity index (χ2n) is 30.1. The van der Waals surface area contributed by atoms with Crippen LogP contribution in [-0.4, -0.2) is 146 Å². The Hall–Kier alpha value is -11.2. The van der Waals surface area contributed by atoms with Crippen LogP contribution in [-0.2, 0) is 23.8 Å². The van der Waals surface area contributed by atoms with Crippen LogP contribution in [0.3, 0.4) is 0 Å². The molecule has 6 aromatic carbocycles. The summed E-state index contributed by atoms with van der Waals surface area (Å²) in [6.07, 6.45) is 12.4. The molecule has 16 rings (SSSR count). The summed E-state index contributed by atoms with van der Waals surface area (Å²) in [6.45, 7) is 15.1. The van der Waals surface area contributed by atoms with E-state index in [2.05, 4.69) is 122 Å². The van der Waals surface area contributed by atoms with E-state index in [9.17, 15) is 24.0 Å². The van der Waals surface area contributed by atoms with Crippen LogP contribution < -0.4 is 10.6 Å². The number of aromatic nitrogens is 10. The number of carbonyl (C=O) groups excluding carboxylic acids is 5. The number of pyridine rings is 2. The van der Waals surface area contributed by atoms with Crippen molar-refractivity contribution >= 4 is 95.8 Å². The molecule has 1 aliphatic carbocycles. The van der Waals surface area contributed by atoms with Gasteiger partial charge in [0.25, 0.3) is 0 Å². The molecule has 12 aromatic rings. The fourth-order valence-corrected chi connectivity index (χ4v) is 15.6. The third-order valence-electron chi connectivity index (χ3n) is 21.1. The number of H-pyrrole nitrogens is 4. The van der Waals surface area contributed by atoms with Crippen LogP contribution in [0.25, 0.3) is 110 Å². The predicted molar refractivity (Wildman–Crippen MR) is 406 cm³/mol. The number of carbonyl (C=O) groups is 5. The number of fused-ring (bicyclic) bond motifs is 6. The zero-order valence-electron chi connectivity index (χ0n) is 60.8. The van der Waals surface area contributed by atoms with E-state index >= 15 is 0 Å². The summed E-state index contributed by atoms with van der Waals surface area (Å²) >= 11 is 0. The van der Waals surface area contributed by atoms with Crippen LogP contribution in [0.15, 0.2) is 134 Å². The van der Waals surface area contributed by atoms with Crippen LogP contribution in [0.1, 0.15) is 160 Å². The van der Waals surface area contributed by atoms with E-state index in [1.165, 1.54) is 45.5 Å². The minimum absolute atomic E-state index is 0.113. The Bertz CT molecular complexity index is 5130. The van der Waals surface area contributed by atoms with Crippen molar-refractivity contribution in [2.75, 3.05) is 33.9 Å². The van der Waals surface area contributed by atoms with Crippen LogP contribution in [0.5, 0.6) is 0 Å². The lowest BCUT2D eigenvalue weighted by molar-refractivity contribution is -0.136. The number of nitrogens with zero attached hydrogens (tertiary/aromatic N) is 9. The monoisotopic (exact) mass is 1410 g/mol. The van der Waals surface area contributed by atoms with Crippen molar-refractivity contribution in [1.29, 1.82) is 0 Å². The number of aromatic amines is 4. The number of hydrogen-bond donors (Lipinski definition) is 6. The van der Waals surface area contributed by atoms with Crippen molar-refractivity contribution in [2.45, 2.75) is 154 Å². The lowest BCUT2D eigenvalue weighted by Crippen LogP contribution is -2.51. The molecule has 4 aliphatic rings. The van der Waals surface area contributed by atoms with Gasteiger partial charge in [0.05, 0.1) is 87.9 Å². The molecule has 9 heterocycles. The molecule has 105 heavy (non-hydrogen) atoms. The Morgan fingerprint density at radius 1 is 0.429 bits per heavy atom. The molecule has 0 bridgehead atoms. The zero-order valence-corrected chi connectivity index (χ0v) is 60.8. The smallest absolute Gasteiger partial charge is 0.410 e. The molecule has 6 N–H and O–H groups in total.